The fraction of sp³-hybridized carbons (Fsp3) is 0.0769. The minimum Gasteiger partial charge on any atom is -0.399 e. The van der Waals surface area contributed by atoms with Gasteiger partial charge in [-0.2, -0.15) is 0 Å². The molecule has 3 N–H and O–H groups in total. The van der Waals surface area contributed by atoms with Crippen LogP contribution in [0.25, 0.3) is 22.3 Å². The van der Waals surface area contributed by atoms with Gasteiger partial charge in [-0.15, -0.1) is 0 Å². The Morgan fingerprint density at radius 1 is 1.12 bits per heavy atom. The highest BCUT2D eigenvalue weighted by Crippen LogP contribution is 2.25. The van der Waals surface area contributed by atoms with Gasteiger partial charge in [0.15, 0.2) is 0 Å². The Labute approximate surface area is 99.5 Å². The van der Waals surface area contributed by atoms with Crippen LogP contribution in [0.1, 0.15) is 7.43 Å². The molecule has 3 aromatic rings. The zero-order valence-corrected chi connectivity index (χ0v) is 8.51. The van der Waals surface area contributed by atoms with Gasteiger partial charge in [0.05, 0.1) is 5.69 Å². The van der Waals surface area contributed by atoms with E-state index in [1.165, 1.54) is 0 Å². The van der Waals surface area contributed by atoms with Crippen LogP contribution in [0, 0.1) is 0 Å². The first-order chi connectivity index (χ1) is 7.84. The van der Waals surface area contributed by atoms with Crippen molar-refractivity contribution in [1.82, 2.24) is 15.0 Å². The van der Waals surface area contributed by atoms with Crippen LogP contribution in [0.2, 0.25) is 0 Å². The maximum absolute atomic E-state index is 5.76. The molecule has 2 heterocycles. The smallest absolute Gasteiger partial charge is 0.141 e. The van der Waals surface area contributed by atoms with E-state index in [9.17, 15) is 0 Å². The topological polar surface area (TPSA) is 67.6 Å². The molecular formula is C13H14N4. The molecule has 0 fully saturated rings. The number of aromatic nitrogens is 3. The molecule has 0 bridgehead atoms. The Morgan fingerprint density at radius 2 is 2.00 bits per heavy atom. The molecule has 0 unspecified atom stereocenters. The van der Waals surface area contributed by atoms with Crippen LogP contribution in [0.5, 0.6) is 0 Å². The predicted molar refractivity (Wildman–Crippen MR) is 70.5 cm³/mol. The summed E-state index contributed by atoms with van der Waals surface area (Å²) in [4.78, 5) is 11.5. The van der Waals surface area contributed by atoms with E-state index in [1.54, 1.807) is 6.33 Å². The fourth-order valence-corrected chi connectivity index (χ4v) is 1.79. The maximum Gasteiger partial charge on any atom is 0.141 e. The van der Waals surface area contributed by atoms with Crippen molar-refractivity contribution in [3.05, 3.63) is 42.9 Å². The summed E-state index contributed by atoms with van der Waals surface area (Å²) in [5.41, 5.74) is 9.25. The number of aromatic amines is 1. The van der Waals surface area contributed by atoms with Gasteiger partial charge in [0.1, 0.15) is 12.0 Å². The van der Waals surface area contributed by atoms with Crippen molar-refractivity contribution < 1.29 is 0 Å². The highest BCUT2D eigenvalue weighted by molar-refractivity contribution is 5.90. The third-order valence-electron chi connectivity index (χ3n) is 2.51. The Kier molecular flexibility index (Phi) is 2.78. The number of hydrogen-bond acceptors (Lipinski definition) is 3. The molecular weight excluding hydrogens is 212 g/mol. The number of rotatable bonds is 1. The number of nitrogens with zero attached hydrogens (tertiary/aromatic N) is 2. The van der Waals surface area contributed by atoms with E-state index in [0.29, 0.717) is 0 Å². The molecule has 0 atom stereocenters. The lowest BCUT2D eigenvalue weighted by Crippen LogP contribution is -1.89. The zero-order valence-electron chi connectivity index (χ0n) is 8.51. The summed E-state index contributed by atoms with van der Waals surface area (Å²) in [5.74, 6) is 0. The average molecular weight is 226 g/mol. The van der Waals surface area contributed by atoms with Crippen LogP contribution in [0.15, 0.2) is 42.9 Å². The van der Waals surface area contributed by atoms with Crippen LogP contribution in [-0.2, 0) is 0 Å². The van der Waals surface area contributed by atoms with Crippen LogP contribution in [0.4, 0.5) is 5.69 Å². The van der Waals surface area contributed by atoms with Crippen molar-refractivity contribution in [3.63, 3.8) is 0 Å². The first kappa shape index (κ1) is 11.1. The molecule has 0 aliphatic carbocycles. The number of fused-ring (bicyclic) bond motifs is 1. The number of hydrogen-bond donors (Lipinski definition) is 2. The van der Waals surface area contributed by atoms with Crippen molar-refractivity contribution >= 4 is 16.7 Å². The Hall–Kier alpha value is -2.36. The molecule has 0 aliphatic rings. The van der Waals surface area contributed by atoms with E-state index in [-0.39, 0.29) is 7.43 Å². The molecule has 4 nitrogen and oxygen atoms in total. The monoisotopic (exact) mass is 226 g/mol. The third-order valence-corrected chi connectivity index (χ3v) is 2.51. The lowest BCUT2D eigenvalue weighted by Gasteiger charge is -2.02. The normalized spacial score (nSPS) is 10.1. The van der Waals surface area contributed by atoms with Crippen LogP contribution >= 0.6 is 0 Å². The summed E-state index contributed by atoms with van der Waals surface area (Å²) in [6.45, 7) is 0. The molecule has 0 aliphatic heterocycles. The minimum atomic E-state index is 0. The van der Waals surface area contributed by atoms with Crippen molar-refractivity contribution in [2.75, 3.05) is 5.73 Å². The Morgan fingerprint density at radius 3 is 2.82 bits per heavy atom. The van der Waals surface area contributed by atoms with Gasteiger partial charge in [-0.05, 0) is 18.2 Å². The molecule has 0 radical (unpaired) electrons. The van der Waals surface area contributed by atoms with E-state index in [4.69, 9.17) is 5.73 Å². The van der Waals surface area contributed by atoms with Gasteiger partial charge in [0.25, 0.3) is 0 Å². The van der Waals surface area contributed by atoms with E-state index in [2.05, 4.69) is 15.0 Å². The van der Waals surface area contributed by atoms with Gasteiger partial charge < -0.3 is 10.7 Å². The van der Waals surface area contributed by atoms with Gasteiger partial charge in [-0.3, -0.25) is 0 Å². The maximum atomic E-state index is 5.76. The lowest BCUT2D eigenvalue weighted by atomic mass is 10.1. The molecule has 1 aromatic carbocycles. The van der Waals surface area contributed by atoms with Gasteiger partial charge in [-0.1, -0.05) is 19.6 Å². The Balaban J connectivity index is 0.00000108. The highest BCUT2D eigenvalue weighted by atomic mass is 14.9. The molecule has 0 amide bonds. The fourth-order valence-electron chi connectivity index (χ4n) is 1.79. The molecule has 86 valence electrons. The van der Waals surface area contributed by atoms with E-state index in [1.807, 2.05) is 36.5 Å². The third kappa shape index (κ3) is 1.85. The molecule has 0 saturated carbocycles. The predicted octanol–water partition coefficient (Wildman–Crippen LogP) is 2.84. The molecule has 17 heavy (non-hydrogen) atoms. The second-order valence-corrected chi connectivity index (χ2v) is 3.59. The number of nitrogens with two attached hydrogens (primary N) is 1. The Bertz CT molecular complexity index is 642. The van der Waals surface area contributed by atoms with E-state index < -0.39 is 0 Å². The molecule has 4 heteroatoms. The number of nitrogens with one attached hydrogen (secondary N) is 1. The number of H-pyrrole nitrogens is 1. The van der Waals surface area contributed by atoms with E-state index >= 15 is 0 Å². The first-order valence-electron chi connectivity index (χ1n) is 4.98. The summed E-state index contributed by atoms with van der Waals surface area (Å²) < 4.78 is 0. The summed E-state index contributed by atoms with van der Waals surface area (Å²) in [6.07, 6.45) is 3.41. The number of nitrogen functional groups attached to an aromatic ring is 1. The van der Waals surface area contributed by atoms with E-state index in [0.717, 1.165) is 28.0 Å². The van der Waals surface area contributed by atoms with Gasteiger partial charge in [-0.25, -0.2) is 9.97 Å². The van der Waals surface area contributed by atoms with Gasteiger partial charge in [0, 0.05) is 22.8 Å². The second-order valence-electron chi connectivity index (χ2n) is 3.59. The average Bonchev–Trinajstić information content (AvgIpc) is 2.76. The van der Waals surface area contributed by atoms with Crippen LogP contribution in [-0.4, -0.2) is 15.0 Å². The van der Waals surface area contributed by atoms with Crippen molar-refractivity contribution in [2.24, 2.45) is 0 Å². The van der Waals surface area contributed by atoms with Gasteiger partial charge >= 0.3 is 0 Å². The number of anilines is 1. The number of benzene rings is 1. The molecule has 2 aromatic heterocycles. The molecule has 0 spiro atoms. The van der Waals surface area contributed by atoms with Crippen LogP contribution < -0.4 is 5.73 Å². The SMILES string of the molecule is C.Nc1cccc(-c2ncnc3[nH]ccc23)c1. The quantitative estimate of drug-likeness (QED) is 0.627. The van der Waals surface area contributed by atoms with Crippen molar-refractivity contribution in [3.8, 4) is 11.3 Å². The second kappa shape index (κ2) is 4.25. The largest absolute Gasteiger partial charge is 0.399 e. The van der Waals surface area contributed by atoms with Gasteiger partial charge in [0.2, 0.25) is 0 Å². The standard InChI is InChI=1S/C12H10N4.CH4/c13-9-3-1-2-8(6-9)11-10-4-5-14-12(10)16-7-15-11;/h1-7H,13H2,(H,14,15,16);1H4. The van der Waals surface area contributed by atoms with Crippen LogP contribution in [0.3, 0.4) is 0 Å². The summed E-state index contributed by atoms with van der Waals surface area (Å²) in [6, 6.07) is 9.65. The van der Waals surface area contributed by atoms with Crippen molar-refractivity contribution in [1.29, 1.82) is 0 Å². The van der Waals surface area contributed by atoms with Crippen molar-refractivity contribution in [2.45, 2.75) is 7.43 Å². The molecule has 0 saturated heterocycles. The molecule has 3 rings (SSSR count). The minimum absolute atomic E-state index is 0. The zero-order chi connectivity index (χ0) is 11.0. The summed E-state index contributed by atoms with van der Waals surface area (Å²) in [5, 5.41) is 1.01. The summed E-state index contributed by atoms with van der Waals surface area (Å²) in [7, 11) is 0. The summed E-state index contributed by atoms with van der Waals surface area (Å²) >= 11 is 0. The highest BCUT2D eigenvalue weighted by Gasteiger charge is 2.06. The first-order valence-corrected chi connectivity index (χ1v) is 4.98. The lowest BCUT2D eigenvalue weighted by molar-refractivity contribution is 1.20.